The first kappa shape index (κ1) is 19.1. The van der Waals surface area contributed by atoms with Gasteiger partial charge in [0.2, 0.25) is 10.0 Å². The zero-order valence-corrected chi connectivity index (χ0v) is 14.2. The van der Waals surface area contributed by atoms with E-state index >= 15 is 0 Å². The molecule has 1 fully saturated rings. The van der Waals surface area contributed by atoms with E-state index in [4.69, 9.17) is 14.7 Å². The molecule has 0 amide bonds. The van der Waals surface area contributed by atoms with E-state index in [1.165, 1.54) is 24.1 Å². The number of rotatable bonds is 6. The fraction of sp³-hybridized carbons (Fsp3) is 0.462. The van der Waals surface area contributed by atoms with Gasteiger partial charge in [-0.25, -0.2) is 13.6 Å². The van der Waals surface area contributed by atoms with Crippen LogP contribution < -0.4 is 10.5 Å². The summed E-state index contributed by atoms with van der Waals surface area (Å²) < 4.78 is 28.1. The summed E-state index contributed by atoms with van der Waals surface area (Å²) in [6.45, 7) is 2.56. The van der Waals surface area contributed by atoms with E-state index in [0.717, 1.165) is 6.07 Å². The number of nitrogens with one attached hydrogen (secondary N) is 1. The minimum Gasteiger partial charge on any atom is -0.377 e. The van der Waals surface area contributed by atoms with Crippen LogP contribution >= 0.6 is 0 Å². The molecule has 12 heteroatoms. The summed E-state index contributed by atoms with van der Waals surface area (Å²) in [5.41, 5.74) is -0.287. The second kappa shape index (κ2) is 7.74. The second-order valence-electron chi connectivity index (χ2n) is 5.33. The van der Waals surface area contributed by atoms with Gasteiger partial charge in [-0.3, -0.25) is 14.9 Å². The molecule has 1 aromatic carbocycles. The van der Waals surface area contributed by atoms with Gasteiger partial charge in [-0.05, 0) is 12.1 Å². The predicted octanol–water partition coefficient (Wildman–Crippen LogP) is -0.167. The van der Waals surface area contributed by atoms with E-state index in [1.54, 1.807) is 0 Å². The summed E-state index contributed by atoms with van der Waals surface area (Å²) in [5.74, 6) is -0.442. The van der Waals surface area contributed by atoms with Crippen molar-refractivity contribution >= 4 is 27.4 Å². The van der Waals surface area contributed by atoms with Gasteiger partial charge in [0.25, 0.3) is 5.69 Å². The first-order chi connectivity index (χ1) is 11.7. The average molecular weight is 374 g/mol. The highest BCUT2D eigenvalue weighted by Crippen LogP contribution is 2.27. The molecule has 0 bridgehead atoms. The average Bonchev–Trinajstić information content (AvgIpc) is 2.51. The number of nitro groups is 1. The highest BCUT2D eigenvalue weighted by molar-refractivity contribution is 7.89. The number of carbonyl (C=O) groups is 1. The molecule has 3 N–H and O–H groups in total. The molecule has 0 aromatic heterocycles. The Morgan fingerprint density at radius 1 is 1.56 bits per heavy atom. The number of nitrogens with two attached hydrogens (primary N) is 1. The number of nitrogens with zero attached hydrogens (tertiary/aromatic N) is 2. The Labute approximate surface area is 143 Å². The minimum atomic E-state index is -4.04. The van der Waals surface area contributed by atoms with Gasteiger partial charge in [-0.2, -0.15) is 0 Å². The number of benzene rings is 1. The number of sulfonamides is 1. The van der Waals surface area contributed by atoms with Gasteiger partial charge in [0.1, 0.15) is 5.69 Å². The Kier molecular flexibility index (Phi) is 5.89. The molecule has 1 saturated heterocycles. The van der Waals surface area contributed by atoms with Crippen LogP contribution in [0, 0.1) is 10.1 Å². The predicted molar refractivity (Wildman–Crippen MR) is 86.0 cm³/mol. The van der Waals surface area contributed by atoms with Crippen LogP contribution in [0.4, 0.5) is 11.4 Å². The highest BCUT2D eigenvalue weighted by Gasteiger charge is 2.24. The first-order valence-electron chi connectivity index (χ1n) is 7.27. The monoisotopic (exact) mass is 374 g/mol. The molecule has 0 aliphatic carbocycles. The maximum Gasteiger partial charge on any atom is 0.322 e. The van der Waals surface area contributed by atoms with Crippen LogP contribution in [-0.2, 0) is 24.4 Å². The number of hydrogen-bond acceptors (Lipinski definition) is 9. The van der Waals surface area contributed by atoms with Crippen molar-refractivity contribution in [2.24, 2.45) is 5.14 Å². The largest absolute Gasteiger partial charge is 0.377 e. The third kappa shape index (κ3) is 5.35. The van der Waals surface area contributed by atoms with E-state index in [2.05, 4.69) is 5.32 Å². The van der Waals surface area contributed by atoms with Crippen LogP contribution in [0.25, 0.3) is 0 Å². The van der Waals surface area contributed by atoms with Gasteiger partial charge in [0, 0.05) is 19.5 Å². The van der Waals surface area contributed by atoms with Gasteiger partial charge >= 0.3 is 5.97 Å². The maximum atomic E-state index is 11.3. The molecule has 1 heterocycles. The summed E-state index contributed by atoms with van der Waals surface area (Å²) >= 11 is 0. The lowest BCUT2D eigenvalue weighted by Gasteiger charge is -2.31. The number of morpholine rings is 1. The third-order valence-electron chi connectivity index (χ3n) is 3.37. The molecule has 25 heavy (non-hydrogen) atoms. The molecule has 1 aliphatic rings. The third-order valence-corrected chi connectivity index (χ3v) is 4.28. The first-order valence-corrected chi connectivity index (χ1v) is 8.81. The molecule has 11 nitrogen and oxygen atoms in total. The van der Waals surface area contributed by atoms with Crippen molar-refractivity contribution in [1.29, 1.82) is 0 Å². The van der Waals surface area contributed by atoms with E-state index in [0.29, 0.717) is 19.7 Å². The molecule has 2 rings (SSSR count). The zero-order valence-electron chi connectivity index (χ0n) is 13.4. The number of primary sulfonamides is 1. The molecule has 1 unspecified atom stereocenters. The van der Waals surface area contributed by atoms with Crippen molar-refractivity contribution in [3.05, 3.63) is 28.3 Å². The summed E-state index contributed by atoms with van der Waals surface area (Å²) in [4.78, 5) is 26.1. The van der Waals surface area contributed by atoms with Crippen molar-refractivity contribution in [2.75, 3.05) is 31.6 Å². The van der Waals surface area contributed by atoms with Crippen molar-refractivity contribution in [3.8, 4) is 0 Å². The standard InChI is InChI=1S/C13H18N4O7S/c1-9(18)24-16-4-5-23-10(8-16)7-15-12-3-2-11(25(14,21)22)6-13(12)17(19)20/h2-3,6,10,15H,4-5,7-8H2,1H3,(H2,14,21,22). The Balaban J connectivity index is 2.07. The number of nitro benzene ring substituents is 1. The SMILES string of the molecule is CC(=O)ON1CCOC(CNc2ccc(S(N)(=O)=O)cc2[N+](=O)[O-])C1. The summed E-state index contributed by atoms with van der Waals surface area (Å²) in [6.07, 6.45) is -0.370. The van der Waals surface area contributed by atoms with Crippen LogP contribution in [0.3, 0.4) is 0 Å². The summed E-state index contributed by atoms with van der Waals surface area (Å²) in [5, 5.41) is 20.4. The smallest absolute Gasteiger partial charge is 0.322 e. The lowest BCUT2D eigenvalue weighted by atomic mass is 10.2. The summed E-state index contributed by atoms with van der Waals surface area (Å²) in [6, 6.07) is 3.34. The van der Waals surface area contributed by atoms with Gasteiger partial charge < -0.3 is 14.9 Å². The van der Waals surface area contributed by atoms with Crippen LogP contribution in [0.15, 0.2) is 23.1 Å². The van der Waals surface area contributed by atoms with Crippen LogP contribution in [0.1, 0.15) is 6.92 Å². The fourth-order valence-electron chi connectivity index (χ4n) is 2.29. The van der Waals surface area contributed by atoms with Crippen molar-refractivity contribution in [3.63, 3.8) is 0 Å². The topological polar surface area (TPSA) is 154 Å². The summed E-state index contributed by atoms with van der Waals surface area (Å²) in [7, 11) is -4.04. The van der Waals surface area contributed by atoms with E-state index < -0.39 is 26.6 Å². The molecular weight excluding hydrogens is 356 g/mol. The van der Waals surface area contributed by atoms with Gasteiger partial charge in [0.15, 0.2) is 0 Å². The van der Waals surface area contributed by atoms with E-state index in [1.807, 2.05) is 0 Å². The maximum absolute atomic E-state index is 11.3. The van der Waals surface area contributed by atoms with Crippen molar-refractivity contribution in [2.45, 2.75) is 17.9 Å². The number of carbonyl (C=O) groups excluding carboxylic acids is 1. The van der Waals surface area contributed by atoms with E-state index in [9.17, 15) is 23.3 Å². The Hall–Kier alpha value is -2.28. The van der Waals surface area contributed by atoms with Crippen molar-refractivity contribution < 1.29 is 27.7 Å². The molecular formula is C13H18N4O7S. The van der Waals surface area contributed by atoms with E-state index in [-0.39, 0.29) is 23.2 Å². The number of anilines is 1. The van der Waals surface area contributed by atoms with Crippen LogP contribution in [-0.4, -0.2) is 56.7 Å². The second-order valence-corrected chi connectivity index (χ2v) is 6.89. The number of hydroxylamine groups is 2. The lowest BCUT2D eigenvalue weighted by Crippen LogP contribution is -2.45. The molecule has 0 radical (unpaired) electrons. The molecule has 0 saturated carbocycles. The Bertz CT molecular complexity index is 768. The van der Waals surface area contributed by atoms with Gasteiger partial charge in [-0.1, -0.05) is 0 Å². The Morgan fingerprint density at radius 2 is 2.28 bits per heavy atom. The molecule has 1 atom stereocenters. The van der Waals surface area contributed by atoms with Crippen LogP contribution in [0.2, 0.25) is 0 Å². The number of ether oxygens (including phenoxy) is 1. The molecule has 1 aromatic rings. The van der Waals surface area contributed by atoms with Crippen LogP contribution in [0.5, 0.6) is 0 Å². The normalized spacial score (nSPS) is 18.6. The highest BCUT2D eigenvalue weighted by atomic mass is 32.2. The minimum absolute atomic E-state index is 0.130. The Morgan fingerprint density at radius 3 is 2.88 bits per heavy atom. The molecule has 1 aliphatic heterocycles. The molecule has 0 spiro atoms. The fourth-order valence-corrected chi connectivity index (χ4v) is 2.83. The van der Waals surface area contributed by atoms with Gasteiger partial charge in [-0.15, -0.1) is 5.06 Å². The quantitative estimate of drug-likeness (QED) is 0.510. The molecule has 138 valence electrons. The van der Waals surface area contributed by atoms with Crippen molar-refractivity contribution in [1.82, 2.24) is 5.06 Å². The number of hydrogen-bond donors (Lipinski definition) is 2. The zero-order chi connectivity index (χ0) is 18.6. The lowest BCUT2D eigenvalue weighted by molar-refractivity contribution is -0.384. The van der Waals surface area contributed by atoms with Gasteiger partial charge in [0.05, 0.1) is 35.6 Å².